The quantitative estimate of drug-likeness (QED) is 0.847. The number of hydrogen-bond acceptors (Lipinski definition) is 3. The molecule has 130 valence electrons. The maximum Gasteiger partial charge on any atom is 0.317 e. The van der Waals surface area contributed by atoms with Gasteiger partial charge in [0.05, 0.1) is 0 Å². The van der Waals surface area contributed by atoms with E-state index in [0.29, 0.717) is 31.1 Å². The molecule has 0 spiro atoms. The molecule has 2 saturated carbocycles. The molecule has 2 atom stereocenters. The summed E-state index contributed by atoms with van der Waals surface area (Å²) in [6, 6.07) is 0.925. The third-order valence-electron chi connectivity index (χ3n) is 5.48. The van der Waals surface area contributed by atoms with Crippen LogP contribution in [0.2, 0.25) is 0 Å². The fraction of sp³-hybridized carbons (Fsp3) is 0.882. The van der Waals surface area contributed by atoms with Gasteiger partial charge in [0.2, 0.25) is 5.91 Å². The molecule has 2 aliphatic carbocycles. The van der Waals surface area contributed by atoms with Crippen molar-refractivity contribution in [1.29, 1.82) is 0 Å². The SMILES string of the molecule is CN(C)[C@@H]1CC[C@@H](NC(=O)N2CCCN(C(=O)C3CC3)CC2)C1. The van der Waals surface area contributed by atoms with E-state index < -0.39 is 0 Å². The van der Waals surface area contributed by atoms with Gasteiger partial charge >= 0.3 is 6.03 Å². The second kappa shape index (κ2) is 7.07. The lowest BCUT2D eigenvalue weighted by molar-refractivity contribution is -0.132. The van der Waals surface area contributed by atoms with Gasteiger partial charge in [-0.15, -0.1) is 0 Å². The summed E-state index contributed by atoms with van der Waals surface area (Å²) in [6.45, 7) is 2.90. The number of urea groups is 1. The van der Waals surface area contributed by atoms with Crippen LogP contribution in [-0.2, 0) is 4.79 Å². The summed E-state index contributed by atoms with van der Waals surface area (Å²) >= 11 is 0. The first kappa shape index (κ1) is 16.6. The maximum absolute atomic E-state index is 12.5. The van der Waals surface area contributed by atoms with Gasteiger partial charge in [-0.3, -0.25) is 4.79 Å². The Morgan fingerprint density at radius 1 is 0.957 bits per heavy atom. The first-order valence-electron chi connectivity index (χ1n) is 9.05. The van der Waals surface area contributed by atoms with Crippen molar-refractivity contribution in [3.05, 3.63) is 0 Å². The van der Waals surface area contributed by atoms with Gasteiger partial charge in [0.1, 0.15) is 0 Å². The van der Waals surface area contributed by atoms with Crippen molar-refractivity contribution in [2.24, 2.45) is 5.92 Å². The van der Waals surface area contributed by atoms with E-state index in [1.54, 1.807) is 0 Å². The van der Waals surface area contributed by atoms with Gasteiger partial charge in [0.25, 0.3) is 0 Å². The number of nitrogens with one attached hydrogen (secondary N) is 1. The third kappa shape index (κ3) is 4.16. The second-order valence-corrected chi connectivity index (χ2v) is 7.52. The summed E-state index contributed by atoms with van der Waals surface area (Å²) in [7, 11) is 4.21. The van der Waals surface area contributed by atoms with Gasteiger partial charge in [0.15, 0.2) is 0 Å². The van der Waals surface area contributed by atoms with Gasteiger partial charge in [-0.2, -0.15) is 0 Å². The van der Waals surface area contributed by atoms with Crippen molar-refractivity contribution in [3.63, 3.8) is 0 Å². The lowest BCUT2D eigenvalue weighted by atomic mass is 10.2. The van der Waals surface area contributed by atoms with Gasteiger partial charge in [0, 0.05) is 44.2 Å². The Balaban J connectivity index is 1.45. The molecule has 23 heavy (non-hydrogen) atoms. The van der Waals surface area contributed by atoms with Crippen molar-refractivity contribution in [2.45, 2.75) is 50.6 Å². The van der Waals surface area contributed by atoms with Crippen molar-refractivity contribution < 1.29 is 9.59 Å². The van der Waals surface area contributed by atoms with Crippen molar-refractivity contribution in [2.75, 3.05) is 40.3 Å². The van der Waals surface area contributed by atoms with E-state index in [0.717, 1.165) is 51.6 Å². The number of carbonyl (C=O) groups is 2. The molecule has 1 heterocycles. The third-order valence-corrected chi connectivity index (χ3v) is 5.48. The van der Waals surface area contributed by atoms with Crippen LogP contribution in [0.5, 0.6) is 0 Å². The fourth-order valence-electron chi connectivity index (χ4n) is 3.75. The first-order valence-corrected chi connectivity index (χ1v) is 9.05. The zero-order valence-corrected chi connectivity index (χ0v) is 14.5. The number of carbonyl (C=O) groups excluding carboxylic acids is 2. The molecule has 3 amide bonds. The Morgan fingerprint density at radius 3 is 2.30 bits per heavy atom. The van der Waals surface area contributed by atoms with E-state index in [4.69, 9.17) is 0 Å². The molecule has 1 saturated heterocycles. The monoisotopic (exact) mass is 322 g/mol. The zero-order chi connectivity index (χ0) is 16.4. The number of hydrogen-bond donors (Lipinski definition) is 1. The normalized spacial score (nSPS) is 28.8. The zero-order valence-electron chi connectivity index (χ0n) is 14.5. The van der Waals surface area contributed by atoms with Crippen LogP contribution < -0.4 is 5.32 Å². The predicted octanol–water partition coefficient (Wildman–Crippen LogP) is 1.12. The number of nitrogens with zero attached hydrogens (tertiary/aromatic N) is 3. The lowest BCUT2D eigenvalue weighted by Gasteiger charge is -2.25. The van der Waals surface area contributed by atoms with E-state index in [1.807, 2.05) is 9.80 Å². The average molecular weight is 322 g/mol. The van der Waals surface area contributed by atoms with E-state index in [2.05, 4.69) is 24.3 Å². The standard InChI is InChI=1S/C17H30N4O2/c1-19(2)15-7-6-14(12-15)18-17(23)21-9-3-8-20(10-11-21)16(22)13-4-5-13/h13-15H,3-12H2,1-2H3,(H,18,23)/t14-,15-/m1/s1. The number of rotatable bonds is 3. The van der Waals surface area contributed by atoms with E-state index >= 15 is 0 Å². The van der Waals surface area contributed by atoms with Crippen LogP contribution in [-0.4, -0.2) is 79.0 Å². The van der Waals surface area contributed by atoms with Crippen LogP contribution in [0.3, 0.4) is 0 Å². The molecule has 1 aliphatic heterocycles. The molecule has 6 nitrogen and oxygen atoms in total. The minimum atomic E-state index is 0.0510. The van der Waals surface area contributed by atoms with Crippen LogP contribution in [0.25, 0.3) is 0 Å². The molecule has 0 aromatic heterocycles. The summed E-state index contributed by atoms with van der Waals surface area (Å²) in [5.74, 6) is 0.578. The molecule has 0 aromatic rings. The summed E-state index contributed by atoms with van der Waals surface area (Å²) in [5.41, 5.74) is 0. The molecule has 6 heteroatoms. The Morgan fingerprint density at radius 2 is 1.65 bits per heavy atom. The molecule has 1 N–H and O–H groups in total. The summed E-state index contributed by atoms with van der Waals surface area (Å²) in [4.78, 5) is 30.8. The summed E-state index contributed by atoms with van der Waals surface area (Å²) < 4.78 is 0. The fourth-order valence-corrected chi connectivity index (χ4v) is 3.75. The summed E-state index contributed by atoms with van der Waals surface area (Å²) in [6.07, 6.45) is 6.24. The Kier molecular flexibility index (Phi) is 5.09. The van der Waals surface area contributed by atoms with E-state index in [1.165, 1.54) is 0 Å². The van der Waals surface area contributed by atoms with Gasteiger partial charge < -0.3 is 20.0 Å². The Bertz CT molecular complexity index is 450. The highest BCUT2D eigenvalue weighted by molar-refractivity contribution is 5.81. The van der Waals surface area contributed by atoms with Crippen molar-refractivity contribution in [1.82, 2.24) is 20.0 Å². The smallest absolute Gasteiger partial charge is 0.317 e. The molecule has 3 aliphatic rings. The van der Waals surface area contributed by atoms with Gasteiger partial charge in [-0.25, -0.2) is 4.79 Å². The second-order valence-electron chi connectivity index (χ2n) is 7.52. The molecular formula is C17H30N4O2. The molecule has 3 rings (SSSR count). The predicted molar refractivity (Wildman–Crippen MR) is 89.1 cm³/mol. The minimum Gasteiger partial charge on any atom is -0.341 e. The highest BCUT2D eigenvalue weighted by atomic mass is 16.2. The van der Waals surface area contributed by atoms with Crippen LogP contribution in [0.15, 0.2) is 0 Å². The van der Waals surface area contributed by atoms with Crippen molar-refractivity contribution in [3.8, 4) is 0 Å². The Hall–Kier alpha value is -1.30. The first-order chi connectivity index (χ1) is 11.0. The topological polar surface area (TPSA) is 55.9 Å². The number of amides is 3. The highest BCUT2D eigenvalue weighted by Crippen LogP contribution is 2.31. The molecule has 0 unspecified atom stereocenters. The van der Waals surface area contributed by atoms with E-state index in [-0.39, 0.29) is 11.9 Å². The van der Waals surface area contributed by atoms with Gasteiger partial charge in [-0.1, -0.05) is 0 Å². The highest BCUT2D eigenvalue weighted by Gasteiger charge is 2.34. The van der Waals surface area contributed by atoms with Crippen LogP contribution in [0.1, 0.15) is 38.5 Å². The van der Waals surface area contributed by atoms with Crippen LogP contribution >= 0.6 is 0 Å². The Labute approximate surface area is 139 Å². The molecule has 0 radical (unpaired) electrons. The molecule has 0 bridgehead atoms. The lowest BCUT2D eigenvalue weighted by Crippen LogP contribution is -2.46. The molecular weight excluding hydrogens is 292 g/mol. The molecule has 0 aromatic carbocycles. The van der Waals surface area contributed by atoms with Crippen LogP contribution in [0.4, 0.5) is 4.79 Å². The average Bonchev–Trinajstić information content (AvgIpc) is 3.30. The van der Waals surface area contributed by atoms with E-state index in [9.17, 15) is 9.59 Å². The summed E-state index contributed by atoms with van der Waals surface area (Å²) in [5, 5.41) is 3.20. The van der Waals surface area contributed by atoms with Gasteiger partial charge in [-0.05, 0) is 52.6 Å². The maximum atomic E-state index is 12.5. The minimum absolute atomic E-state index is 0.0510. The van der Waals surface area contributed by atoms with Crippen LogP contribution in [0, 0.1) is 5.92 Å². The largest absolute Gasteiger partial charge is 0.341 e. The van der Waals surface area contributed by atoms with Crippen molar-refractivity contribution >= 4 is 11.9 Å². The molecule has 3 fully saturated rings.